The van der Waals surface area contributed by atoms with E-state index in [4.69, 9.17) is 9.47 Å². The number of aryl methyl sites for hydroxylation is 2. The molecule has 1 aliphatic heterocycles. The molecule has 0 atom stereocenters. The summed E-state index contributed by atoms with van der Waals surface area (Å²) in [6.07, 6.45) is 5.88. The first-order valence-electron chi connectivity index (χ1n) is 10.1. The number of nitrogens with zero attached hydrogens (tertiary/aromatic N) is 3. The van der Waals surface area contributed by atoms with Gasteiger partial charge in [0.2, 0.25) is 5.91 Å². The van der Waals surface area contributed by atoms with Crippen molar-refractivity contribution in [2.45, 2.75) is 37.3 Å². The molecule has 8 heteroatoms. The summed E-state index contributed by atoms with van der Waals surface area (Å²) >= 11 is 3.32. The van der Waals surface area contributed by atoms with Gasteiger partial charge in [-0.25, -0.2) is 9.97 Å². The molecule has 3 aromatic rings. The molecular weight excluding hydrogens is 418 g/mol. The maximum absolute atomic E-state index is 13.0. The highest BCUT2D eigenvalue weighted by molar-refractivity contribution is 8.00. The van der Waals surface area contributed by atoms with Crippen molar-refractivity contribution in [1.82, 2.24) is 14.9 Å². The van der Waals surface area contributed by atoms with Crippen molar-refractivity contribution in [3.05, 3.63) is 40.0 Å². The van der Waals surface area contributed by atoms with Crippen molar-refractivity contribution in [2.24, 2.45) is 0 Å². The minimum absolute atomic E-state index is 0.138. The predicted octanol–water partition coefficient (Wildman–Crippen LogP) is 3.87. The van der Waals surface area contributed by atoms with E-state index in [9.17, 15) is 4.79 Å². The minimum atomic E-state index is 0.138. The molecule has 2 aromatic heterocycles. The van der Waals surface area contributed by atoms with Crippen LogP contribution in [0.1, 0.15) is 28.0 Å². The monoisotopic (exact) mass is 441 g/mol. The fourth-order valence-corrected chi connectivity index (χ4v) is 6.55. The number of aromatic nitrogens is 2. The highest BCUT2D eigenvalue weighted by atomic mass is 32.2. The Morgan fingerprint density at radius 3 is 2.73 bits per heavy atom. The molecule has 0 unspecified atom stereocenters. The summed E-state index contributed by atoms with van der Waals surface area (Å²) < 4.78 is 10.8. The number of hydrogen-bond donors (Lipinski definition) is 0. The Balaban J connectivity index is 1.31. The number of rotatable bonds is 5. The molecule has 0 bridgehead atoms. The zero-order chi connectivity index (χ0) is 20.7. The number of hydrogen-bond acceptors (Lipinski definition) is 7. The molecule has 0 spiro atoms. The highest BCUT2D eigenvalue weighted by Crippen LogP contribution is 2.40. The van der Waals surface area contributed by atoms with E-state index in [-0.39, 0.29) is 5.91 Å². The quantitative estimate of drug-likeness (QED) is 0.442. The van der Waals surface area contributed by atoms with Crippen molar-refractivity contribution in [3.63, 3.8) is 0 Å². The molecule has 5 rings (SSSR count). The van der Waals surface area contributed by atoms with E-state index in [1.54, 1.807) is 31.9 Å². The topological polar surface area (TPSA) is 64.6 Å². The molecule has 6 nitrogen and oxygen atoms in total. The second-order valence-electron chi connectivity index (χ2n) is 7.55. The van der Waals surface area contributed by atoms with Gasteiger partial charge in [-0.2, -0.15) is 0 Å². The molecule has 0 radical (unpaired) electrons. The van der Waals surface area contributed by atoms with Gasteiger partial charge in [0.05, 0.1) is 20.0 Å². The Bertz CT molecular complexity index is 1130. The number of ether oxygens (including phenoxy) is 2. The lowest BCUT2D eigenvalue weighted by atomic mass is 9.99. The number of thioether (sulfide) groups is 1. The Hall–Kier alpha value is -2.32. The maximum atomic E-state index is 13.0. The summed E-state index contributed by atoms with van der Waals surface area (Å²) in [6.45, 7) is 1.32. The zero-order valence-corrected chi connectivity index (χ0v) is 18.7. The van der Waals surface area contributed by atoms with E-state index in [2.05, 4.69) is 9.97 Å². The van der Waals surface area contributed by atoms with Crippen LogP contribution in [0.15, 0.2) is 23.5 Å². The van der Waals surface area contributed by atoms with Crippen LogP contribution in [0.3, 0.4) is 0 Å². The van der Waals surface area contributed by atoms with Gasteiger partial charge in [0.25, 0.3) is 0 Å². The van der Waals surface area contributed by atoms with Gasteiger partial charge in [-0.1, -0.05) is 11.8 Å². The van der Waals surface area contributed by atoms with Gasteiger partial charge in [0.15, 0.2) is 11.5 Å². The van der Waals surface area contributed by atoms with Crippen molar-refractivity contribution < 1.29 is 14.3 Å². The number of thiophene rings is 1. The molecule has 0 saturated heterocycles. The first kappa shape index (κ1) is 19.6. The molecule has 3 heterocycles. The molecule has 1 amide bonds. The van der Waals surface area contributed by atoms with Crippen LogP contribution in [0.25, 0.3) is 10.2 Å². The Kier molecular flexibility index (Phi) is 5.28. The predicted molar refractivity (Wildman–Crippen MR) is 119 cm³/mol. The summed E-state index contributed by atoms with van der Waals surface area (Å²) in [5.41, 5.74) is 3.74. The summed E-state index contributed by atoms with van der Waals surface area (Å²) in [5, 5.41) is 2.12. The van der Waals surface area contributed by atoms with Crippen molar-refractivity contribution in [1.29, 1.82) is 0 Å². The summed E-state index contributed by atoms with van der Waals surface area (Å²) in [4.78, 5) is 26.4. The standard InChI is InChI=1S/C22H23N3O3S2/c1-27-16-8-13-6-7-25(10-14(13)9-17(16)28-2)19(26)11-29-21-20-15-4-3-5-18(15)30-22(20)24-12-23-21/h8-9,12H,3-7,10-11H2,1-2H3. The van der Waals surface area contributed by atoms with Gasteiger partial charge in [0, 0.05) is 23.4 Å². The van der Waals surface area contributed by atoms with Gasteiger partial charge in [-0.05, 0) is 54.5 Å². The highest BCUT2D eigenvalue weighted by Gasteiger charge is 2.25. The summed E-state index contributed by atoms with van der Waals surface area (Å²) in [5.74, 6) is 1.97. The zero-order valence-electron chi connectivity index (χ0n) is 17.1. The number of fused-ring (bicyclic) bond motifs is 4. The maximum Gasteiger partial charge on any atom is 0.233 e. The van der Waals surface area contributed by atoms with Crippen LogP contribution in [0.2, 0.25) is 0 Å². The van der Waals surface area contributed by atoms with Crippen LogP contribution in [0.4, 0.5) is 0 Å². The molecule has 1 aliphatic carbocycles. The van der Waals surface area contributed by atoms with Crippen molar-refractivity contribution in [3.8, 4) is 11.5 Å². The molecule has 2 aliphatic rings. The van der Waals surface area contributed by atoms with Gasteiger partial charge in [0.1, 0.15) is 16.2 Å². The van der Waals surface area contributed by atoms with E-state index in [0.717, 1.165) is 47.0 Å². The van der Waals surface area contributed by atoms with Gasteiger partial charge in [-0.3, -0.25) is 4.79 Å². The van der Waals surface area contributed by atoms with Gasteiger partial charge >= 0.3 is 0 Å². The second-order valence-corrected chi connectivity index (χ2v) is 9.59. The fourth-order valence-electron chi connectivity index (χ4n) is 4.33. The number of benzene rings is 1. The number of methoxy groups -OCH3 is 2. The third kappa shape index (κ3) is 3.41. The lowest BCUT2D eigenvalue weighted by Gasteiger charge is -2.29. The number of amides is 1. The Morgan fingerprint density at radius 2 is 1.93 bits per heavy atom. The molecule has 30 heavy (non-hydrogen) atoms. The minimum Gasteiger partial charge on any atom is -0.493 e. The molecule has 0 N–H and O–H groups in total. The average molecular weight is 442 g/mol. The van der Waals surface area contributed by atoms with Crippen LogP contribution in [-0.4, -0.2) is 47.3 Å². The summed E-state index contributed by atoms with van der Waals surface area (Å²) in [6, 6.07) is 4.02. The van der Waals surface area contributed by atoms with Crippen molar-refractivity contribution >= 4 is 39.2 Å². The van der Waals surface area contributed by atoms with E-state index in [0.29, 0.717) is 18.0 Å². The van der Waals surface area contributed by atoms with Crippen LogP contribution < -0.4 is 9.47 Å². The van der Waals surface area contributed by atoms with Gasteiger partial charge < -0.3 is 14.4 Å². The van der Waals surface area contributed by atoms with E-state index in [1.165, 1.54) is 39.6 Å². The Labute approximate surface area is 183 Å². The van der Waals surface area contributed by atoms with E-state index >= 15 is 0 Å². The number of carbonyl (C=O) groups excluding carboxylic acids is 1. The fraction of sp³-hybridized carbons (Fsp3) is 0.409. The van der Waals surface area contributed by atoms with Crippen LogP contribution in [0, 0.1) is 0 Å². The first-order valence-corrected chi connectivity index (χ1v) is 11.9. The van der Waals surface area contributed by atoms with Crippen LogP contribution in [-0.2, 0) is 30.6 Å². The normalized spacial score (nSPS) is 15.2. The SMILES string of the molecule is COc1cc2c(cc1OC)CN(C(=O)CSc1ncnc3sc4c(c13)CCC4)CC2. The van der Waals surface area contributed by atoms with Crippen LogP contribution in [0.5, 0.6) is 11.5 Å². The lowest BCUT2D eigenvalue weighted by molar-refractivity contribution is -0.129. The largest absolute Gasteiger partial charge is 0.493 e. The van der Waals surface area contributed by atoms with E-state index < -0.39 is 0 Å². The smallest absolute Gasteiger partial charge is 0.233 e. The molecule has 156 valence electrons. The Morgan fingerprint density at radius 1 is 1.13 bits per heavy atom. The number of carbonyl (C=O) groups is 1. The molecule has 1 aromatic carbocycles. The molecule has 0 saturated carbocycles. The van der Waals surface area contributed by atoms with Crippen molar-refractivity contribution in [2.75, 3.05) is 26.5 Å². The van der Waals surface area contributed by atoms with Crippen LogP contribution >= 0.6 is 23.1 Å². The third-order valence-electron chi connectivity index (χ3n) is 5.87. The third-order valence-corrected chi connectivity index (χ3v) is 8.04. The second kappa shape index (κ2) is 8.07. The van der Waals surface area contributed by atoms with E-state index in [1.807, 2.05) is 17.0 Å². The van der Waals surface area contributed by atoms with Gasteiger partial charge in [-0.15, -0.1) is 11.3 Å². The molecular formula is C22H23N3O3S2. The molecule has 0 fully saturated rings. The lowest BCUT2D eigenvalue weighted by Crippen LogP contribution is -2.37. The first-order chi connectivity index (χ1) is 14.7. The summed E-state index contributed by atoms with van der Waals surface area (Å²) in [7, 11) is 3.28. The average Bonchev–Trinajstić information content (AvgIpc) is 3.37.